The number of likely N-dealkylation sites (N-methyl/N-ethyl adjacent to an activating group) is 1. The Balaban J connectivity index is 2.35. The number of amides is 1. The van der Waals surface area contributed by atoms with Crippen molar-refractivity contribution in [2.45, 2.75) is 126 Å². The van der Waals surface area contributed by atoms with Crippen LogP contribution in [0.15, 0.2) is 58.2 Å². The monoisotopic (exact) mass is 510 g/mol. The van der Waals surface area contributed by atoms with Gasteiger partial charge in [0.25, 0.3) is 0 Å². The van der Waals surface area contributed by atoms with Gasteiger partial charge in [-0.3, -0.25) is 9.69 Å². The molecular formula is C34H58N2O. The summed E-state index contributed by atoms with van der Waals surface area (Å²) in [6.45, 7) is 21.6. The fourth-order valence-electron chi connectivity index (χ4n) is 5.10. The number of hydrogen-bond donors (Lipinski definition) is 0. The average Bonchev–Trinajstić information content (AvgIpc) is 2.84. The normalized spacial score (nSPS) is 18.0. The summed E-state index contributed by atoms with van der Waals surface area (Å²) in [4.78, 5) is 17.4. The molecule has 210 valence electrons. The van der Waals surface area contributed by atoms with Crippen LogP contribution in [0.5, 0.6) is 0 Å². The minimum atomic E-state index is 0.202. The van der Waals surface area contributed by atoms with Gasteiger partial charge in [0, 0.05) is 25.2 Å². The Morgan fingerprint density at radius 3 is 1.65 bits per heavy atom. The highest BCUT2D eigenvalue weighted by atomic mass is 16.2. The first-order valence-electron chi connectivity index (χ1n) is 15.0. The minimum Gasteiger partial charge on any atom is -0.338 e. The molecule has 0 N–H and O–H groups in total. The second-order valence-electron chi connectivity index (χ2n) is 11.4. The van der Waals surface area contributed by atoms with Gasteiger partial charge >= 0.3 is 0 Å². The van der Waals surface area contributed by atoms with Gasteiger partial charge in [0.2, 0.25) is 5.91 Å². The van der Waals surface area contributed by atoms with E-state index in [1.54, 1.807) is 0 Å². The Kier molecular flexibility index (Phi) is 17.2. The van der Waals surface area contributed by atoms with Crippen molar-refractivity contribution in [2.24, 2.45) is 0 Å². The number of allylic oxidation sites excluding steroid dienone is 9. The smallest absolute Gasteiger partial charge is 0.246 e. The molecule has 0 aromatic heterocycles. The zero-order chi connectivity index (χ0) is 27.6. The number of rotatable bonds is 16. The molecule has 1 aliphatic rings. The van der Waals surface area contributed by atoms with Crippen LogP contribution in [0, 0.1) is 0 Å². The first kappa shape index (κ1) is 33.2. The molecule has 3 heteroatoms. The van der Waals surface area contributed by atoms with Crippen molar-refractivity contribution in [1.82, 2.24) is 9.80 Å². The van der Waals surface area contributed by atoms with Gasteiger partial charge in [0.15, 0.2) is 0 Å². The van der Waals surface area contributed by atoms with Gasteiger partial charge in [-0.05, 0) is 119 Å². The molecule has 1 fully saturated rings. The SMILES string of the molecule is CCN(CC)C1CCCN(C(=O)C=C(C)CCC=C(C)CCC=C(C)CCC=C(C)CCC=C(C)C)C1. The molecule has 37 heavy (non-hydrogen) atoms. The lowest BCUT2D eigenvalue weighted by molar-refractivity contribution is -0.128. The Bertz CT molecular complexity index is 819. The Hall–Kier alpha value is -1.87. The molecule has 1 atom stereocenters. The Morgan fingerprint density at radius 1 is 0.730 bits per heavy atom. The quantitative estimate of drug-likeness (QED) is 0.153. The van der Waals surface area contributed by atoms with Crippen molar-refractivity contribution in [2.75, 3.05) is 26.2 Å². The first-order chi connectivity index (χ1) is 17.7. The van der Waals surface area contributed by atoms with Crippen molar-refractivity contribution < 1.29 is 4.79 Å². The molecule has 0 aliphatic carbocycles. The maximum Gasteiger partial charge on any atom is 0.246 e. The summed E-state index contributed by atoms with van der Waals surface area (Å²) in [5.74, 6) is 0.202. The van der Waals surface area contributed by atoms with Gasteiger partial charge in [-0.25, -0.2) is 0 Å². The van der Waals surface area contributed by atoms with E-state index in [4.69, 9.17) is 0 Å². The van der Waals surface area contributed by atoms with Crippen molar-refractivity contribution >= 4 is 5.91 Å². The van der Waals surface area contributed by atoms with E-state index in [9.17, 15) is 4.79 Å². The third-order valence-electron chi connectivity index (χ3n) is 7.59. The second-order valence-corrected chi connectivity index (χ2v) is 11.4. The number of carbonyl (C=O) groups excluding carboxylic acids is 1. The van der Waals surface area contributed by atoms with Crippen LogP contribution >= 0.6 is 0 Å². The molecule has 1 unspecified atom stereocenters. The zero-order valence-electron chi connectivity index (χ0n) is 25.7. The van der Waals surface area contributed by atoms with Crippen LogP contribution < -0.4 is 0 Å². The van der Waals surface area contributed by atoms with Gasteiger partial charge < -0.3 is 4.90 Å². The third-order valence-corrected chi connectivity index (χ3v) is 7.59. The molecule has 0 spiro atoms. The highest BCUT2D eigenvalue weighted by Crippen LogP contribution is 2.18. The van der Waals surface area contributed by atoms with Crippen molar-refractivity contribution in [3.63, 3.8) is 0 Å². The van der Waals surface area contributed by atoms with Crippen molar-refractivity contribution in [3.8, 4) is 0 Å². The molecule has 1 heterocycles. The predicted octanol–water partition coefficient (Wildman–Crippen LogP) is 9.19. The lowest BCUT2D eigenvalue weighted by atomic mass is 10.0. The summed E-state index contributed by atoms with van der Waals surface area (Å²) >= 11 is 0. The number of piperidine rings is 1. The van der Waals surface area contributed by atoms with Crippen LogP contribution in [-0.2, 0) is 4.79 Å². The third kappa shape index (κ3) is 15.2. The van der Waals surface area contributed by atoms with Gasteiger partial charge in [-0.15, -0.1) is 0 Å². The summed E-state index contributed by atoms with van der Waals surface area (Å²) in [5, 5.41) is 0. The Morgan fingerprint density at radius 2 is 1.19 bits per heavy atom. The zero-order valence-corrected chi connectivity index (χ0v) is 25.7. The van der Waals surface area contributed by atoms with Crippen molar-refractivity contribution in [3.05, 3.63) is 58.2 Å². The van der Waals surface area contributed by atoms with Crippen LogP contribution in [0.1, 0.15) is 120 Å². The maximum absolute atomic E-state index is 12.8. The summed E-state index contributed by atoms with van der Waals surface area (Å²) < 4.78 is 0. The standard InChI is InChI=1S/C34H58N2O/c1-9-35(10-2)33-24-15-25-36(27-33)34(37)26-32(8)23-14-22-31(7)21-13-20-30(6)19-12-18-29(5)17-11-16-28(3)4/h16,18,20,22,26,33H,9-15,17,19,21,23-25,27H2,1-8H3. The molecule has 0 radical (unpaired) electrons. The van der Waals surface area contributed by atoms with Gasteiger partial charge in [-0.1, -0.05) is 66.0 Å². The molecule has 1 amide bonds. The van der Waals surface area contributed by atoms with E-state index in [-0.39, 0.29) is 5.91 Å². The molecule has 0 bridgehead atoms. The molecule has 1 rings (SSSR count). The molecule has 1 saturated heterocycles. The topological polar surface area (TPSA) is 23.6 Å². The van der Waals surface area contributed by atoms with Gasteiger partial charge in [0.05, 0.1) is 0 Å². The van der Waals surface area contributed by atoms with Crippen LogP contribution in [0.2, 0.25) is 0 Å². The van der Waals surface area contributed by atoms with E-state index in [0.717, 1.165) is 77.5 Å². The summed E-state index contributed by atoms with van der Waals surface area (Å²) in [7, 11) is 0. The number of nitrogens with zero attached hydrogens (tertiary/aromatic N) is 2. The molecule has 1 aliphatic heterocycles. The van der Waals surface area contributed by atoms with Gasteiger partial charge in [-0.2, -0.15) is 0 Å². The van der Waals surface area contributed by atoms with E-state index in [1.165, 1.54) is 40.7 Å². The molecule has 0 saturated carbocycles. The fraction of sp³-hybridized carbons (Fsp3) is 0.676. The maximum atomic E-state index is 12.8. The van der Waals surface area contributed by atoms with E-state index in [1.807, 2.05) is 6.08 Å². The Labute approximate surface area is 230 Å². The van der Waals surface area contributed by atoms with Crippen LogP contribution in [-0.4, -0.2) is 47.9 Å². The van der Waals surface area contributed by atoms with Crippen LogP contribution in [0.25, 0.3) is 0 Å². The molecule has 3 nitrogen and oxygen atoms in total. The largest absolute Gasteiger partial charge is 0.338 e. The van der Waals surface area contributed by atoms with E-state index < -0.39 is 0 Å². The summed E-state index contributed by atoms with van der Waals surface area (Å²) in [6.07, 6.45) is 22.6. The lowest BCUT2D eigenvalue weighted by Crippen LogP contribution is -2.49. The molecule has 0 aromatic rings. The highest BCUT2D eigenvalue weighted by molar-refractivity contribution is 5.88. The van der Waals surface area contributed by atoms with E-state index in [2.05, 4.69) is 89.5 Å². The number of likely N-dealkylation sites (tertiary alicyclic amines) is 1. The second kappa shape index (κ2) is 19.2. The highest BCUT2D eigenvalue weighted by Gasteiger charge is 2.25. The number of carbonyl (C=O) groups is 1. The fourth-order valence-corrected chi connectivity index (χ4v) is 5.10. The number of hydrogen-bond acceptors (Lipinski definition) is 2. The first-order valence-corrected chi connectivity index (χ1v) is 15.0. The average molecular weight is 511 g/mol. The van der Waals surface area contributed by atoms with E-state index >= 15 is 0 Å². The predicted molar refractivity (Wildman–Crippen MR) is 164 cm³/mol. The molecule has 0 aromatic carbocycles. The lowest BCUT2D eigenvalue weighted by Gasteiger charge is -2.38. The summed E-state index contributed by atoms with van der Waals surface area (Å²) in [5.41, 5.74) is 7.07. The van der Waals surface area contributed by atoms with Crippen molar-refractivity contribution in [1.29, 1.82) is 0 Å². The minimum absolute atomic E-state index is 0.202. The van der Waals surface area contributed by atoms with Gasteiger partial charge in [0.1, 0.15) is 0 Å². The van der Waals surface area contributed by atoms with Crippen LogP contribution in [0.3, 0.4) is 0 Å². The van der Waals surface area contributed by atoms with E-state index in [0.29, 0.717) is 6.04 Å². The molecular weight excluding hydrogens is 452 g/mol. The summed E-state index contributed by atoms with van der Waals surface area (Å²) in [6, 6.07) is 0.517. The van der Waals surface area contributed by atoms with Crippen LogP contribution in [0.4, 0.5) is 0 Å².